The maximum atomic E-state index is 5.73. The summed E-state index contributed by atoms with van der Waals surface area (Å²) >= 11 is 0. The molecule has 0 unspecified atom stereocenters. The van der Waals surface area contributed by atoms with E-state index in [9.17, 15) is 0 Å². The van der Waals surface area contributed by atoms with Gasteiger partial charge in [0.25, 0.3) is 0 Å². The van der Waals surface area contributed by atoms with E-state index in [-0.39, 0.29) is 0 Å². The Labute approximate surface area is 165 Å². The van der Waals surface area contributed by atoms with Crippen molar-refractivity contribution in [1.29, 1.82) is 0 Å². The Bertz CT molecular complexity index is 553. The largest absolute Gasteiger partial charge is 0.377 e. The van der Waals surface area contributed by atoms with Crippen molar-refractivity contribution >= 4 is 5.96 Å². The van der Waals surface area contributed by atoms with Crippen molar-refractivity contribution in [2.24, 2.45) is 4.99 Å². The van der Waals surface area contributed by atoms with Crippen LogP contribution in [0.4, 0.5) is 0 Å². The van der Waals surface area contributed by atoms with Gasteiger partial charge in [-0.15, -0.1) is 0 Å². The van der Waals surface area contributed by atoms with Gasteiger partial charge in [0.15, 0.2) is 5.96 Å². The molecule has 1 aliphatic rings. The van der Waals surface area contributed by atoms with E-state index < -0.39 is 0 Å². The number of nitrogens with zero attached hydrogens (tertiary/aromatic N) is 2. The molecule has 152 valence electrons. The molecule has 1 saturated heterocycles. The Hall–Kier alpha value is -1.59. The number of rotatable bonds is 10. The summed E-state index contributed by atoms with van der Waals surface area (Å²) in [6, 6.07) is 8.97. The summed E-state index contributed by atoms with van der Waals surface area (Å²) in [4.78, 5) is 7.41. The summed E-state index contributed by atoms with van der Waals surface area (Å²) in [7, 11) is 0. The highest BCUT2D eigenvalue weighted by Crippen LogP contribution is 2.13. The third-order valence-electron chi connectivity index (χ3n) is 4.94. The smallest absolute Gasteiger partial charge is 0.191 e. The third kappa shape index (κ3) is 7.89. The second-order valence-corrected chi connectivity index (χ2v) is 7.28. The predicted molar refractivity (Wildman–Crippen MR) is 114 cm³/mol. The van der Waals surface area contributed by atoms with Crippen LogP contribution in [0.5, 0.6) is 0 Å². The number of likely N-dealkylation sites (tertiary alicyclic amines) is 1. The van der Waals surface area contributed by atoms with Crippen LogP contribution in [0.3, 0.4) is 0 Å². The molecule has 1 aromatic rings. The van der Waals surface area contributed by atoms with Crippen molar-refractivity contribution in [2.75, 3.05) is 32.8 Å². The number of guanidine groups is 1. The lowest BCUT2D eigenvalue weighted by molar-refractivity contribution is 0.121. The molecule has 5 nitrogen and oxygen atoms in total. The highest BCUT2D eigenvalue weighted by Gasteiger charge is 2.19. The quantitative estimate of drug-likeness (QED) is 0.374. The van der Waals surface area contributed by atoms with Gasteiger partial charge in [0.1, 0.15) is 0 Å². The molecule has 2 N–H and O–H groups in total. The van der Waals surface area contributed by atoms with Crippen LogP contribution >= 0.6 is 0 Å². The summed E-state index contributed by atoms with van der Waals surface area (Å²) in [6.07, 6.45) is 4.66. The normalized spacial score (nSPS) is 16.5. The maximum Gasteiger partial charge on any atom is 0.191 e. The number of hydrogen-bond donors (Lipinski definition) is 2. The highest BCUT2D eigenvalue weighted by atomic mass is 16.5. The first-order valence-corrected chi connectivity index (χ1v) is 10.7. The Morgan fingerprint density at radius 1 is 1.11 bits per heavy atom. The Morgan fingerprint density at radius 2 is 1.85 bits per heavy atom. The van der Waals surface area contributed by atoms with Crippen molar-refractivity contribution in [3.05, 3.63) is 35.4 Å². The molecule has 0 aliphatic carbocycles. The molecule has 1 fully saturated rings. The lowest BCUT2D eigenvalue weighted by atomic mass is 10.1. The minimum atomic E-state index is 0.513. The van der Waals surface area contributed by atoms with Gasteiger partial charge in [0.2, 0.25) is 0 Å². The van der Waals surface area contributed by atoms with E-state index in [0.717, 1.165) is 25.5 Å². The van der Waals surface area contributed by atoms with E-state index in [1.807, 2.05) is 0 Å². The molecular formula is C22H38N4O. The summed E-state index contributed by atoms with van der Waals surface area (Å²) in [5.74, 6) is 0.927. The van der Waals surface area contributed by atoms with Gasteiger partial charge in [-0.2, -0.15) is 0 Å². The number of ether oxygens (including phenoxy) is 1. The zero-order chi connectivity index (χ0) is 19.3. The molecule has 1 heterocycles. The van der Waals surface area contributed by atoms with Gasteiger partial charge in [0.05, 0.1) is 13.2 Å². The molecule has 0 atom stereocenters. The summed E-state index contributed by atoms with van der Waals surface area (Å²) in [5, 5.41) is 7.04. The topological polar surface area (TPSA) is 48.9 Å². The first-order valence-electron chi connectivity index (χ1n) is 10.7. The average Bonchev–Trinajstić information content (AvgIpc) is 2.69. The van der Waals surface area contributed by atoms with E-state index in [0.29, 0.717) is 19.2 Å². The van der Waals surface area contributed by atoms with Crippen LogP contribution < -0.4 is 10.6 Å². The van der Waals surface area contributed by atoms with Gasteiger partial charge < -0.3 is 20.3 Å². The fourth-order valence-electron chi connectivity index (χ4n) is 3.47. The second-order valence-electron chi connectivity index (χ2n) is 7.28. The molecule has 1 aromatic carbocycles. The average molecular weight is 375 g/mol. The van der Waals surface area contributed by atoms with Gasteiger partial charge in [-0.05, 0) is 50.3 Å². The van der Waals surface area contributed by atoms with Gasteiger partial charge in [-0.1, -0.05) is 38.1 Å². The molecule has 27 heavy (non-hydrogen) atoms. The second kappa shape index (κ2) is 12.7. The third-order valence-corrected chi connectivity index (χ3v) is 4.94. The molecule has 0 bridgehead atoms. The first-order chi connectivity index (χ1) is 13.3. The minimum absolute atomic E-state index is 0.513. The lowest BCUT2D eigenvalue weighted by Crippen LogP contribution is -2.48. The van der Waals surface area contributed by atoms with Gasteiger partial charge in [-0.3, -0.25) is 0 Å². The van der Waals surface area contributed by atoms with E-state index >= 15 is 0 Å². The van der Waals surface area contributed by atoms with Gasteiger partial charge in [-0.25, -0.2) is 4.99 Å². The van der Waals surface area contributed by atoms with Crippen molar-refractivity contribution in [3.63, 3.8) is 0 Å². The zero-order valence-corrected chi connectivity index (χ0v) is 17.5. The molecule has 0 spiro atoms. The van der Waals surface area contributed by atoms with Crippen LogP contribution in [0.2, 0.25) is 0 Å². The highest BCUT2D eigenvalue weighted by molar-refractivity contribution is 5.80. The Kier molecular flexibility index (Phi) is 10.2. The number of piperidine rings is 1. The summed E-state index contributed by atoms with van der Waals surface area (Å²) in [6.45, 7) is 13.1. The summed E-state index contributed by atoms with van der Waals surface area (Å²) < 4.78 is 5.73. The molecule has 1 aliphatic heterocycles. The van der Waals surface area contributed by atoms with E-state index in [1.165, 1.54) is 50.0 Å². The Morgan fingerprint density at radius 3 is 2.52 bits per heavy atom. The fourth-order valence-corrected chi connectivity index (χ4v) is 3.47. The van der Waals surface area contributed by atoms with Gasteiger partial charge in [0, 0.05) is 32.3 Å². The molecule has 0 saturated carbocycles. The molecule has 0 aromatic heterocycles. The van der Waals surface area contributed by atoms with E-state index in [2.05, 4.69) is 60.6 Å². The molecular weight excluding hydrogens is 336 g/mol. The Balaban J connectivity index is 1.92. The van der Waals surface area contributed by atoms with Crippen molar-refractivity contribution in [1.82, 2.24) is 15.5 Å². The van der Waals surface area contributed by atoms with Gasteiger partial charge >= 0.3 is 0 Å². The standard InChI is InChI=1S/C22H38N4O/c1-4-13-26-14-11-21(12-15-26)25-22(23-6-3)24-17-19-9-7-8-10-20(19)18-27-16-5-2/h7-10,21H,4-6,11-18H2,1-3H3,(H2,23,24,25). The van der Waals surface area contributed by atoms with Crippen LogP contribution in [0.1, 0.15) is 57.6 Å². The number of benzene rings is 1. The molecule has 2 rings (SSSR count). The van der Waals surface area contributed by atoms with E-state index in [4.69, 9.17) is 9.73 Å². The van der Waals surface area contributed by atoms with Crippen LogP contribution in [0, 0.1) is 0 Å². The van der Waals surface area contributed by atoms with Crippen molar-refractivity contribution < 1.29 is 4.74 Å². The number of nitrogens with one attached hydrogen (secondary N) is 2. The van der Waals surface area contributed by atoms with Crippen LogP contribution in [0.25, 0.3) is 0 Å². The fraction of sp³-hybridized carbons (Fsp3) is 0.682. The number of hydrogen-bond acceptors (Lipinski definition) is 3. The molecule has 0 radical (unpaired) electrons. The van der Waals surface area contributed by atoms with Crippen LogP contribution in [-0.2, 0) is 17.9 Å². The van der Waals surface area contributed by atoms with E-state index in [1.54, 1.807) is 0 Å². The molecule has 5 heteroatoms. The first kappa shape index (κ1) is 21.7. The maximum absolute atomic E-state index is 5.73. The molecule has 0 amide bonds. The number of aliphatic imine (C=N–C) groups is 1. The van der Waals surface area contributed by atoms with Crippen LogP contribution in [0.15, 0.2) is 29.3 Å². The minimum Gasteiger partial charge on any atom is -0.377 e. The predicted octanol–water partition coefficient (Wildman–Crippen LogP) is 3.54. The lowest BCUT2D eigenvalue weighted by Gasteiger charge is -2.32. The summed E-state index contributed by atoms with van der Waals surface area (Å²) in [5.41, 5.74) is 2.47. The van der Waals surface area contributed by atoms with Crippen LogP contribution in [-0.4, -0.2) is 49.7 Å². The SMILES string of the molecule is CCCOCc1ccccc1CN=C(NCC)NC1CCN(CCC)CC1. The van der Waals surface area contributed by atoms with Crippen molar-refractivity contribution in [3.8, 4) is 0 Å². The zero-order valence-electron chi connectivity index (χ0n) is 17.5. The van der Waals surface area contributed by atoms with Crippen molar-refractivity contribution in [2.45, 2.75) is 65.6 Å². The monoisotopic (exact) mass is 374 g/mol.